The molecule has 2 rings (SSSR count). The average Bonchev–Trinajstić information content (AvgIpc) is 2.93. The summed E-state index contributed by atoms with van der Waals surface area (Å²) in [5.74, 6) is 0.257. The smallest absolute Gasteiger partial charge is 0.410 e. The predicted molar refractivity (Wildman–Crippen MR) is 91.3 cm³/mol. The number of aliphatic hydroxyl groups is 1. The van der Waals surface area contributed by atoms with Crippen LogP contribution in [0.2, 0.25) is 0 Å². The molecule has 0 unspecified atom stereocenters. The van der Waals surface area contributed by atoms with Crippen LogP contribution in [-0.2, 0) is 4.74 Å². The van der Waals surface area contributed by atoms with E-state index in [1.54, 1.807) is 0 Å². The molecule has 0 aromatic carbocycles. The van der Waals surface area contributed by atoms with Crippen molar-refractivity contribution in [2.75, 3.05) is 13.2 Å². The van der Waals surface area contributed by atoms with E-state index in [4.69, 9.17) is 4.74 Å². The standard InChI is InChI=1S/C18H32N2O3/c1-13(19-15-9-8-14(11-15)12-21)16-7-5-6-10-20(16)17(22)23-18(2,3)4/h8-9,13-16,19,21H,5-7,10-12H2,1-4H3/t13-,14+,15-,16+/m1/s1. The lowest BCUT2D eigenvalue weighted by molar-refractivity contribution is 0.00523. The molecule has 0 saturated carbocycles. The summed E-state index contributed by atoms with van der Waals surface area (Å²) in [6, 6.07) is 0.652. The number of piperidine rings is 1. The third kappa shape index (κ3) is 5.21. The predicted octanol–water partition coefficient (Wildman–Crippen LogP) is 2.69. The van der Waals surface area contributed by atoms with Gasteiger partial charge in [-0.15, -0.1) is 0 Å². The molecular formula is C18H32N2O3. The Hall–Kier alpha value is -1.07. The van der Waals surface area contributed by atoms with Crippen LogP contribution in [0.4, 0.5) is 4.79 Å². The third-order valence-electron chi connectivity index (χ3n) is 4.64. The molecule has 0 spiro atoms. The van der Waals surface area contributed by atoms with Gasteiger partial charge in [-0.25, -0.2) is 4.79 Å². The van der Waals surface area contributed by atoms with Gasteiger partial charge in [-0.3, -0.25) is 0 Å². The van der Waals surface area contributed by atoms with Crippen LogP contribution < -0.4 is 5.32 Å². The van der Waals surface area contributed by atoms with Crippen LogP contribution in [-0.4, -0.2) is 53.0 Å². The number of carbonyl (C=O) groups is 1. The van der Waals surface area contributed by atoms with Gasteiger partial charge in [0.25, 0.3) is 0 Å². The number of amides is 1. The second kappa shape index (κ2) is 7.67. The highest BCUT2D eigenvalue weighted by atomic mass is 16.6. The fourth-order valence-electron chi connectivity index (χ4n) is 3.51. The fourth-order valence-corrected chi connectivity index (χ4v) is 3.51. The summed E-state index contributed by atoms with van der Waals surface area (Å²) in [6.07, 6.45) is 8.14. The minimum absolute atomic E-state index is 0.167. The van der Waals surface area contributed by atoms with Crippen molar-refractivity contribution < 1.29 is 14.6 Å². The maximum atomic E-state index is 12.5. The Kier molecular flexibility index (Phi) is 6.09. The summed E-state index contributed by atoms with van der Waals surface area (Å²) in [7, 11) is 0. The highest BCUT2D eigenvalue weighted by molar-refractivity contribution is 5.68. The molecule has 132 valence electrons. The molecule has 5 heteroatoms. The monoisotopic (exact) mass is 324 g/mol. The second-order valence-electron chi connectivity index (χ2n) is 7.86. The lowest BCUT2D eigenvalue weighted by Crippen LogP contribution is -2.55. The van der Waals surface area contributed by atoms with E-state index in [1.807, 2.05) is 25.7 Å². The van der Waals surface area contributed by atoms with Crippen LogP contribution >= 0.6 is 0 Å². The van der Waals surface area contributed by atoms with Crippen LogP contribution in [0, 0.1) is 5.92 Å². The zero-order chi connectivity index (χ0) is 17.0. The molecule has 0 bridgehead atoms. The maximum Gasteiger partial charge on any atom is 0.410 e. The van der Waals surface area contributed by atoms with Gasteiger partial charge in [0, 0.05) is 31.2 Å². The van der Waals surface area contributed by atoms with Gasteiger partial charge in [0.15, 0.2) is 0 Å². The number of aliphatic hydroxyl groups excluding tert-OH is 1. The molecule has 5 nitrogen and oxygen atoms in total. The van der Waals surface area contributed by atoms with Gasteiger partial charge in [0.2, 0.25) is 0 Å². The largest absolute Gasteiger partial charge is 0.444 e. The van der Waals surface area contributed by atoms with Gasteiger partial charge in [-0.05, 0) is 53.4 Å². The van der Waals surface area contributed by atoms with Crippen LogP contribution in [0.25, 0.3) is 0 Å². The van der Waals surface area contributed by atoms with E-state index in [0.717, 1.165) is 32.2 Å². The number of hydrogen-bond donors (Lipinski definition) is 2. The van der Waals surface area contributed by atoms with Gasteiger partial charge in [0.1, 0.15) is 5.60 Å². The van der Waals surface area contributed by atoms with Gasteiger partial charge in [0.05, 0.1) is 6.04 Å². The summed E-state index contributed by atoms with van der Waals surface area (Å²) in [4.78, 5) is 14.4. The van der Waals surface area contributed by atoms with Crippen molar-refractivity contribution in [1.29, 1.82) is 0 Å². The van der Waals surface area contributed by atoms with Crippen LogP contribution in [0.1, 0.15) is 53.4 Å². The molecule has 2 N–H and O–H groups in total. The molecule has 0 radical (unpaired) electrons. The molecule has 1 amide bonds. The highest BCUT2D eigenvalue weighted by Gasteiger charge is 2.34. The van der Waals surface area contributed by atoms with E-state index in [1.165, 1.54) is 0 Å². The van der Waals surface area contributed by atoms with Crippen molar-refractivity contribution in [3.05, 3.63) is 12.2 Å². The zero-order valence-electron chi connectivity index (χ0n) is 14.9. The Morgan fingerprint density at radius 2 is 2.13 bits per heavy atom. The minimum Gasteiger partial charge on any atom is -0.444 e. The van der Waals surface area contributed by atoms with Crippen LogP contribution in [0.3, 0.4) is 0 Å². The van der Waals surface area contributed by atoms with Crippen molar-refractivity contribution in [3.63, 3.8) is 0 Å². The quantitative estimate of drug-likeness (QED) is 0.781. The van der Waals surface area contributed by atoms with E-state index in [0.29, 0.717) is 0 Å². The molecule has 0 aromatic rings. The summed E-state index contributed by atoms with van der Waals surface area (Å²) >= 11 is 0. The van der Waals surface area contributed by atoms with Gasteiger partial charge < -0.3 is 20.1 Å². The molecule has 1 saturated heterocycles. The van der Waals surface area contributed by atoms with Crippen LogP contribution in [0.15, 0.2) is 12.2 Å². The lowest BCUT2D eigenvalue weighted by Gasteiger charge is -2.40. The Labute approximate surface area is 140 Å². The molecule has 1 aliphatic carbocycles. The third-order valence-corrected chi connectivity index (χ3v) is 4.64. The van der Waals surface area contributed by atoms with Gasteiger partial charge in [-0.2, -0.15) is 0 Å². The van der Waals surface area contributed by atoms with Gasteiger partial charge >= 0.3 is 6.09 Å². The second-order valence-corrected chi connectivity index (χ2v) is 7.86. The Morgan fingerprint density at radius 3 is 2.74 bits per heavy atom. The average molecular weight is 324 g/mol. The lowest BCUT2D eigenvalue weighted by atomic mass is 9.96. The maximum absolute atomic E-state index is 12.5. The molecule has 1 heterocycles. The number of carbonyl (C=O) groups excluding carboxylic acids is 1. The number of likely N-dealkylation sites (tertiary alicyclic amines) is 1. The molecule has 23 heavy (non-hydrogen) atoms. The SMILES string of the molecule is C[C@@H](N[C@@H]1C=C[C@H](CO)C1)[C@@H]1CCCCN1C(=O)OC(C)(C)C. The fraction of sp³-hybridized carbons (Fsp3) is 0.833. The minimum atomic E-state index is -0.460. The Bertz CT molecular complexity index is 430. The van der Waals surface area contributed by atoms with Gasteiger partial charge in [-0.1, -0.05) is 12.2 Å². The summed E-state index contributed by atoms with van der Waals surface area (Å²) in [6.45, 7) is 8.84. The number of rotatable bonds is 4. The first-order valence-electron chi connectivity index (χ1n) is 8.85. The van der Waals surface area contributed by atoms with E-state index in [2.05, 4.69) is 24.4 Å². The number of ether oxygens (including phenoxy) is 1. The van der Waals surface area contributed by atoms with E-state index >= 15 is 0 Å². The number of nitrogens with zero attached hydrogens (tertiary/aromatic N) is 1. The first-order valence-corrected chi connectivity index (χ1v) is 8.85. The van der Waals surface area contributed by atoms with E-state index < -0.39 is 5.60 Å². The zero-order valence-corrected chi connectivity index (χ0v) is 14.9. The molecular weight excluding hydrogens is 292 g/mol. The first-order chi connectivity index (χ1) is 10.8. The molecule has 2 aliphatic rings. The summed E-state index contributed by atoms with van der Waals surface area (Å²) in [5.41, 5.74) is -0.460. The molecule has 4 atom stereocenters. The molecule has 0 aromatic heterocycles. The van der Waals surface area contributed by atoms with Crippen molar-refractivity contribution >= 4 is 6.09 Å². The Morgan fingerprint density at radius 1 is 1.39 bits per heavy atom. The van der Waals surface area contributed by atoms with E-state index in [-0.39, 0.29) is 36.7 Å². The van der Waals surface area contributed by atoms with Crippen molar-refractivity contribution in [3.8, 4) is 0 Å². The summed E-state index contributed by atoms with van der Waals surface area (Å²) in [5, 5.41) is 12.9. The van der Waals surface area contributed by atoms with Crippen LogP contribution in [0.5, 0.6) is 0 Å². The first kappa shape index (κ1) is 18.3. The highest BCUT2D eigenvalue weighted by Crippen LogP contribution is 2.24. The van der Waals surface area contributed by atoms with Crippen molar-refractivity contribution in [2.45, 2.75) is 77.1 Å². The molecule has 1 aliphatic heterocycles. The normalized spacial score (nSPS) is 29.6. The summed E-state index contributed by atoms with van der Waals surface area (Å²) < 4.78 is 5.57. The number of nitrogens with one attached hydrogen (secondary N) is 1. The Balaban J connectivity index is 1.94. The number of hydrogen-bond acceptors (Lipinski definition) is 4. The topological polar surface area (TPSA) is 61.8 Å². The van der Waals surface area contributed by atoms with Crippen molar-refractivity contribution in [1.82, 2.24) is 10.2 Å². The van der Waals surface area contributed by atoms with E-state index in [9.17, 15) is 9.90 Å². The van der Waals surface area contributed by atoms with Crippen molar-refractivity contribution in [2.24, 2.45) is 5.92 Å². The molecule has 1 fully saturated rings.